The van der Waals surface area contributed by atoms with Gasteiger partial charge in [-0.25, -0.2) is 0 Å². The lowest BCUT2D eigenvalue weighted by atomic mass is 10.2. The van der Waals surface area contributed by atoms with Gasteiger partial charge in [-0.2, -0.15) is 4.98 Å². The average Bonchev–Trinajstić information content (AvgIpc) is 3.11. The van der Waals surface area contributed by atoms with Gasteiger partial charge in [0.1, 0.15) is 6.10 Å². The molecular formula is C17H25N5O3. The average molecular weight is 347 g/mol. The zero-order valence-electron chi connectivity index (χ0n) is 14.8. The lowest BCUT2D eigenvalue weighted by molar-refractivity contribution is 0.0683. The van der Waals surface area contributed by atoms with Crippen LogP contribution in [-0.4, -0.2) is 57.9 Å². The summed E-state index contributed by atoms with van der Waals surface area (Å²) in [6, 6.07) is 1.96. The SMILES string of the molecule is CCOC(C)c1noc(CN2CCN(c3ccncc3CO)CC2)n1. The van der Waals surface area contributed by atoms with E-state index >= 15 is 0 Å². The highest BCUT2D eigenvalue weighted by molar-refractivity contribution is 5.52. The molecule has 1 unspecified atom stereocenters. The van der Waals surface area contributed by atoms with E-state index in [1.165, 1.54) is 0 Å². The van der Waals surface area contributed by atoms with Crippen LogP contribution in [0.15, 0.2) is 23.0 Å². The molecule has 3 heterocycles. The molecule has 1 saturated heterocycles. The molecule has 0 aliphatic carbocycles. The number of aromatic nitrogens is 3. The number of anilines is 1. The van der Waals surface area contributed by atoms with Gasteiger partial charge in [0.2, 0.25) is 5.89 Å². The van der Waals surface area contributed by atoms with Crippen LogP contribution in [0.4, 0.5) is 5.69 Å². The number of rotatable bonds is 7. The second kappa shape index (κ2) is 8.37. The number of pyridine rings is 1. The van der Waals surface area contributed by atoms with E-state index < -0.39 is 0 Å². The third-order valence-electron chi connectivity index (χ3n) is 4.38. The molecule has 0 amide bonds. The van der Waals surface area contributed by atoms with Crippen molar-refractivity contribution in [3.8, 4) is 0 Å². The van der Waals surface area contributed by atoms with Gasteiger partial charge in [-0.15, -0.1) is 0 Å². The molecule has 1 aliphatic heterocycles. The lowest BCUT2D eigenvalue weighted by Crippen LogP contribution is -2.46. The summed E-state index contributed by atoms with van der Waals surface area (Å²) >= 11 is 0. The Hall–Kier alpha value is -2.03. The molecule has 3 rings (SSSR count). The van der Waals surface area contributed by atoms with Crippen LogP contribution in [0.25, 0.3) is 0 Å². The van der Waals surface area contributed by atoms with Crippen molar-refractivity contribution in [2.45, 2.75) is 33.1 Å². The molecular weight excluding hydrogens is 322 g/mol. The van der Waals surface area contributed by atoms with E-state index in [0.717, 1.165) is 37.4 Å². The Morgan fingerprint density at radius 3 is 2.84 bits per heavy atom. The summed E-state index contributed by atoms with van der Waals surface area (Å²) < 4.78 is 10.8. The first-order chi connectivity index (χ1) is 12.2. The van der Waals surface area contributed by atoms with E-state index in [1.807, 2.05) is 19.9 Å². The molecule has 0 spiro atoms. The molecule has 1 fully saturated rings. The number of ether oxygens (including phenoxy) is 1. The summed E-state index contributed by atoms with van der Waals surface area (Å²) in [6.45, 7) is 8.69. The molecule has 2 aromatic heterocycles. The van der Waals surface area contributed by atoms with Gasteiger partial charge in [0.15, 0.2) is 5.82 Å². The van der Waals surface area contributed by atoms with Crippen molar-refractivity contribution in [1.82, 2.24) is 20.0 Å². The molecule has 1 N–H and O–H groups in total. The van der Waals surface area contributed by atoms with E-state index in [-0.39, 0.29) is 12.7 Å². The summed E-state index contributed by atoms with van der Waals surface area (Å²) in [5.74, 6) is 1.22. The Morgan fingerprint density at radius 1 is 1.32 bits per heavy atom. The van der Waals surface area contributed by atoms with Crippen molar-refractivity contribution in [2.24, 2.45) is 0 Å². The van der Waals surface area contributed by atoms with Crippen LogP contribution in [-0.2, 0) is 17.9 Å². The van der Waals surface area contributed by atoms with E-state index in [9.17, 15) is 5.11 Å². The van der Waals surface area contributed by atoms with Crippen molar-refractivity contribution in [2.75, 3.05) is 37.7 Å². The van der Waals surface area contributed by atoms with Gasteiger partial charge < -0.3 is 19.3 Å². The minimum absolute atomic E-state index is 0.00612. The largest absolute Gasteiger partial charge is 0.392 e. The third kappa shape index (κ3) is 4.33. The fraction of sp³-hybridized carbons (Fsp3) is 0.588. The second-order valence-electron chi connectivity index (χ2n) is 6.07. The predicted octanol–water partition coefficient (Wildman–Crippen LogP) is 1.38. The van der Waals surface area contributed by atoms with E-state index in [0.29, 0.717) is 24.9 Å². The second-order valence-corrected chi connectivity index (χ2v) is 6.07. The Balaban J connectivity index is 1.54. The minimum Gasteiger partial charge on any atom is -0.392 e. The molecule has 0 bridgehead atoms. The van der Waals surface area contributed by atoms with Gasteiger partial charge >= 0.3 is 0 Å². The zero-order valence-corrected chi connectivity index (χ0v) is 14.8. The highest BCUT2D eigenvalue weighted by atomic mass is 16.5. The van der Waals surface area contributed by atoms with Crippen molar-refractivity contribution in [3.05, 3.63) is 35.7 Å². The van der Waals surface area contributed by atoms with E-state index in [4.69, 9.17) is 9.26 Å². The van der Waals surface area contributed by atoms with Gasteiger partial charge in [-0.3, -0.25) is 9.88 Å². The Kier molecular flexibility index (Phi) is 5.95. The number of hydrogen-bond donors (Lipinski definition) is 1. The summed E-state index contributed by atoms with van der Waals surface area (Å²) in [5.41, 5.74) is 1.92. The minimum atomic E-state index is -0.150. The number of aliphatic hydroxyl groups excluding tert-OH is 1. The normalized spacial score (nSPS) is 17.0. The fourth-order valence-electron chi connectivity index (χ4n) is 3.01. The van der Waals surface area contributed by atoms with Crippen LogP contribution in [0.5, 0.6) is 0 Å². The van der Waals surface area contributed by atoms with Gasteiger partial charge in [-0.05, 0) is 19.9 Å². The van der Waals surface area contributed by atoms with Gasteiger partial charge in [0.05, 0.1) is 13.2 Å². The van der Waals surface area contributed by atoms with Gasteiger partial charge in [0, 0.05) is 56.4 Å². The summed E-state index contributed by atoms with van der Waals surface area (Å²) in [7, 11) is 0. The van der Waals surface area contributed by atoms with E-state index in [1.54, 1.807) is 12.4 Å². The smallest absolute Gasteiger partial charge is 0.240 e. The van der Waals surface area contributed by atoms with Crippen LogP contribution in [0.2, 0.25) is 0 Å². The first-order valence-corrected chi connectivity index (χ1v) is 8.66. The molecule has 1 atom stereocenters. The monoisotopic (exact) mass is 347 g/mol. The maximum Gasteiger partial charge on any atom is 0.240 e. The van der Waals surface area contributed by atoms with Crippen molar-refractivity contribution < 1.29 is 14.4 Å². The molecule has 2 aromatic rings. The quantitative estimate of drug-likeness (QED) is 0.804. The standard InChI is InChI=1S/C17H25N5O3/c1-3-24-13(2)17-19-16(25-20-17)11-21-6-8-22(9-7-21)15-4-5-18-10-14(15)12-23/h4-5,10,13,23H,3,6-9,11-12H2,1-2H3. The maximum atomic E-state index is 9.47. The molecule has 8 nitrogen and oxygen atoms in total. The summed E-state index contributed by atoms with van der Waals surface area (Å²) in [4.78, 5) is 13.1. The third-order valence-corrected chi connectivity index (χ3v) is 4.38. The number of aliphatic hydroxyl groups is 1. The Bertz CT molecular complexity index is 670. The van der Waals surface area contributed by atoms with Crippen LogP contribution in [0.3, 0.4) is 0 Å². The molecule has 1 aliphatic rings. The van der Waals surface area contributed by atoms with E-state index in [2.05, 4.69) is 24.9 Å². The Morgan fingerprint density at radius 2 is 2.12 bits per heavy atom. The fourth-order valence-corrected chi connectivity index (χ4v) is 3.01. The summed E-state index contributed by atoms with van der Waals surface area (Å²) in [5, 5.41) is 13.5. The molecule has 136 valence electrons. The zero-order chi connectivity index (χ0) is 17.6. The Labute approximate surface area is 147 Å². The topological polar surface area (TPSA) is 87.8 Å². The van der Waals surface area contributed by atoms with Crippen molar-refractivity contribution in [3.63, 3.8) is 0 Å². The summed E-state index contributed by atoms with van der Waals surface area (Å²) in [6.07, 6.45) is 3.34. The number of hydrogen-bond acceptors (Lipinski definition) is 8. The highest BCUT2D eigenvalue weighted by Crippen LogP contribution is 2.21. The highest BCUT2D eigenvalue weighted by Gasteiger charge is 2.21. The molecule has 25 heavy (non-hydrogen) atoms. The van der Waals surface area contributed by atoms with Crippen LogP contribution >= 0.6 is 0 Å². The number of nitrogens with zero attached hydrogens (tertiary/aromatic N) is 5. The lowest BCUT2D eigenvalue weighted by Gasteiger charge is -2.36. The van der Waals surface area contributed by atoms with Crippen molar-refractivity contribution >= 4 is 5.69 Å². The van der Waals surface area contributed by atoms with Crippen LogP contribution in [0.1, 0.15) is 37.2 Å². The first-order valence-electron chi connectivity index (χ1n) is 8.66. The van der Waals surface area contributed by atoms with Gasteiger partial charge in [-0.1, -0.05) is 5.16 Å². The number of piperazine rings is 1. The van der Waals surface area contributed by atoms with Crippen LogP contribution in [0, 0.1) is 0 Å². The van der Waals surface area contributed by atoms with Crippen LogP contribution < -0.4 is 4.90 Å². The predicted molar refractivity (Wildman–Crippen MR) is 92.0 cm³/mol. The molecule has 0 saturated carbocycles. The van der Waals surface area contributed by atoms with Crippen molar-refractivity contribution in [1.29, 1.82) is 0 Å². The molecule has 0 aromatic carbocycles. The van der Waals surface area contributed by atoms with Gasteiger partial charge in [0.25, 0.3) is 0 Å². The molecule has 8 heteroatoms. The maximum absolute atomic E-state index is 9.47. The first kappa shape index (κ1) is 17.8. The molecule has 0 radical (unpaired) electrons.